The smallest absolute Gasteiger partial charge is 0.273 e. The molecule has 2 heterocycles. The number of amides is 2. The highest BCUT2D eigenvalue weighted by Crippen LogP contribution is 2.24. The molecule has 8 nitrogen and oxygen atoms in total. The van der Waals surface area contributed by atoms with Gasteiger partial charge in [-0.3, -0.25) is 9.59 Å². The Morgan fingerprint density at radius 1 is 1.30 bits per heavy atom. The van der Waals surface area contributed by atoms with Crippen LogP contribution in [0.25, 0.3) is 0 Å². The molecule has 0 aliphatic carbocycles. The number of hydrogen-bond donors (Lipinski definition) is 1. The average molecular weight is 392 g/mol. The predicted molar refractivity (Wildman–Crippen MR) is 99.9 cm³/mol. The van der Waals surface area contributed by atoms with E-state index in [9.17, 15) is 9.59 Å². The molecule has 3 rings (SSSR count). The second kappa shape index (κ2) is 8.96. The van der Waals surface area contributed by atoms with Crippen LogP contribution in [-0.4, -0.2) is 65.1 Å². The molecule has 1 N–H and O–H groups in total. The lowest BCUT2D eigenvalue weighted by Gasteiger charge is -2.32. The van der Waals surface area contributed by atoms with E-state index in [1.807, 2.05) is 0 Å². The van der Waals surface area contributed by atoms with Crippen molar-refractivity contribution in [2.45, 2.75) is 18.9 Å². The summed E-state index contributed by atoms with van der Waals surface area (Å²) in [5.74, 6) is -0.333. The summed E-state index contributed by atoms with van der Waals surface area (Å²) in [5.41, 5.74) is 0.800. The molecular formula is C18H22ClN5O3. The van der Waals surface area contributed by atoms with Crippen LogP contribution >= 0.6 is 11.6 Å². The molecule has 1 aliphatic heterocycles. The fourth-order valence-corrected chi connectivity index (χ4v) is 3.27. The van der Waals surface area contributed by atoms with Crippen LogP contribution < -0.4 is 5.32 Å². The van der Waals surface area contributed by atoms with Gasteiger partial charge in [0.15, 0.2) is 5.69 Å². The number of piperidine rings is 1. The minimum atomic E-state index is -0.273. The van der Waals surface area contributed by atoms with E-state index < -0.39 is 0 Å². The monoisotopic (exact) mass is 391 g/mol. The van der Waals surface area contributed by atoms with Gasteiger partial charge in [-0.15, -0.1) is 5.10 Å². The van der Waals surface area contributed by atoms with E-state index in [1.165, 1.54) is 0 Å². The highest BCUT2D eigenvalue weighted by atomic mass is 35.5. The van der Waals surface area contributed by atoms with Crippen molar-refractivity contribution < 1.29 is 14.3 Å². The lowest BCUT2D eigenvalue weighted by molar-refractivity contribution is 0.0689. The lowest BCUT2D eigenvalue weighted by Crippen LogP contribution is -2.39. The average Bonchev–Trinajstić information content (AvgIpc) is 3.18. The third-order valence-corrected chi connectivity index (χ3v) is 4.89. The van der Waals surface area contributed by atoms with Crippen LogP contribution in [0.15, 0.2) is 30.5 Å². The first-order chi connectivity index (χ1) is 13.1. The van der Waals surface area contributed by atoms with Gasteiger partial charge in [-0.1, -0.05) is 28.9 Å². The maximum absolute atomic E-state index is 12.6. The summed E-state index contributed by atoms with van der Waals surface area (Å²) < 4.78 is 6.61. The fraction of sp³-hybridized carbons (Fsp3) is 0.444. The molecule has 0 spiro atoms. The molecule has 1 aliphatic rings. The van der Waals surface area contributed by atoms with E-state index in [2.05, 4.69) is 15.6 Å². The van der Waals surface area contributed by atoms with Crippen molar-refractivity contribution >= 4 is 23.4 Å². The molecule has 0 radical (unpaired) electrons. The summed E-state index contributed by atoms with van der Waals surface area (Å²) >= 11 is 6.13. The van der Waals surface area contributed by atoms with Crippen molar-refractivity contribution in [1.82, 2.24) is 25.2 Å². The highest BCUT2D eigenvalue weighted by Gasteiger charge is 2.26. The Kier molecular flexibility index (Phi) is 6.41. The zero-order valence-corrected chi connectivity index (χ0v) is 15.9. The van der Waals surface area contributed by atoms with Gasteiger partial charge in [-0.2, -0.15) is 0 Å². The van der Waals surface area contributed by atoms with Crippen LogP contribution in [0.1, 0.15) is 39.7 Å². The molecule has 1 aromatic carbocycles. The van der Waals surface area contributed by atoms with Crippen molar-refractivity contribution in [2.24, 2.45) is 0 Å². The van der Waals surface area contributed by atoms with E-state index in [-0.39, 0.29) is 23.6 Å². The zero-order valence-electron chi connectivity index (χ0n) is 15.1. The van der Waals surface area contributed by atoms with Crippen molar-refractivity contribution in [1.29, 1.82) is 0 Å². The van der Waals surface area contributed by atoms with Gasteiger partial charge >= 0.3 is 0 Å². The third kappa shape index (κ3) is 4.64. The van der Waals surface area contributed by atoms with Crippen LogP contribution in [-0.2, 0) is 4.74 Å². The van der Waals surface area contributed by atoms with E-state index in [0.29, 0.717) is 36.8 Å². The molecule has 27 heavy (non-hydrogen) atoms. The molecule has 144 valence electrons. The van der Waals surface area contributed by atoms with Gasteiger partial charge in [0, 0.05) is 26.7 Å². The van der Waals surface area contributed by atoms with E-state index >= 15 is 0 Å². The molecule has 2 aromatic rings. The molecule has 0 saturated carbocycles. The van der Waals surface area contributed by atoms with Gasteiger partial charge in [0.1, 0.15) is 0 Å². The lowest BCUT2D eigenvalue weighted by atomic mass is 10.0. The molecule has 0 atom stereocenters. The quantitative estimate of drug-likeness (QED) is 0.758. The van der Waals surface area contributed by atoms with Crippen molar-refractivity contribution in [3.63, 3.8) is 0 Å². The van der Waals surface area contributed by atoms with Crippen molar-refractivity contribution in [3.8, 4) is 0 Å². The van der Waals surface area contributed by atoms with Crippen LogP contribution in [0, 0.1) is 0 Å². The molecule has 0 unspecified atom stereocenters. The van der Waals surface area contributed by atoms with Gasteiger partial charge in [-0.05, 0) is 25.0 Å². The standard InChI is InChI=1S/C18H22ClN5O3/c1-27-11-8-20-17(25)16-12-24(22-21-16)13-6-9-23(10-7-13)18(26)14-4-2-3-5-15(14)19/h2-5,12-13H,6-11H2,1H3,(H,20,25). The number of hydrogen-bond acceptors (Lipinski definition) is 5. The molecule has 9 heteroatoms. The number of benzene rings is 1. The van der Waals surface area contributed by atoms with Crippen molar-refractivity contribution in [3.05, 3.63) is 46.7 Å². The first-order valence-electron chi connectivity index (χ1n) is 8.83. The van der Waals surface area contributed by atoms with Gasteiger partial charge in [0.25, 0.3) is 11.8 Å². The number of methoxy groups -OCH3 is 1. The minimum Gasteiger partial charge on any atom is -0.383 e. The molecular weight excluding hydrogens is 370 g/mol. The maximum atomic E-state index is 12.6. The Balaban J connectivity index is 1.56. The molecule has 1 fully saturated rings. The number of nitrogens with zero attached hydrogens (tertiary/aromatic N) is 4. The first-order valence-corrected chi connectivity index (χ1v) is 9.20. The predicted octanol–water partition coefficient (Wildman–Crippen LogP) is 1.78. The summed E-state index contributed by atoms with van der Waals surface area (Å²) in [6.07, 6.45) is 3.13. The Hall–Kier alpha value is -2.45. The number of halogens is 1. The molecule has 1 aromatic heterocycles. The van der Waals surface area contributed by atoms with Gasteiger partial charge in [0.05, 0.1) is 29.4 Å². The van der Waals surface area contributed by atoms with E-state index in [1.54, 1.807) is 47.2 Å². The zero-order chi connectivity index (χ0) is 19.2. The van der Waals surface area contributed by atoms with Gasteiger partial charge in [0.2, 0.25) is 0 Å². The van der Waals surface area contributed by atoms with Crippen LogP contribution in [0.5, 0.6) is 0 Å². The summed E-state index contributed by atoms with van der Waals surface area (Å²) in [7, 11) is 1.57. The summed E-state index contributed by atoms with van der Waals surface area (Å²) in [4.78, 5) is 26.4. The second-order valence-corrected chi connectivity index (χ2v) is 6.74. The summed E-state index contributed by atoms with van der Waals surface area (Å²) in [6.45, 7) is 2.07. The van der Waals surface area contributed by atoms with Crippen molar-refractivity contribution in [2.75, 3.05) is 33.4 Å². The number of nitrogens with one attached hydrogen (secondary N) is 1. The topological polar surface area (TPSA) is 89.4 Å². The number of carbonyl (C=O) groups is 2. The SMILES string of the molecule is COCCNC(=O)c1cn(C2CCN(C(=O)c3ccccc3Cl)CC2)nn1. The normalized spacial score (nSPS) is 15.0. The maximum Gasteiger partial charge on any atom is 0.273 e. The largest absolute Gasteiger partial charge is 0.383 e. The minimum absolute atomic E-state index is 0.0594. The summed E-state index contributed by atoms with van der Waals surface area (Å²) in [6, 6.07) is 7.17. The fourth-order valence-electron chi connectivity index (χ4n) is 3.05. The Labute approximate surface area is 162 Å². The van der Waals surface area contributed by atoms with E-state index in [4.69, 9.17) is 16.3 Å². The summed E-state index contributed by atoms with van der Waals surface area (Å²) in [5, 5.41) is 11.2. The van der Waals surface area contributed by atoms with Gasteiger partial charge < -0.3 is 15.0 Å². The Morgan fingerprint density at radius 2 is 2.04 bits per heavy atom. The Morgan fingerprint density at radius 3 is 2.74 bits per heavy atom. The number of rotatable bonds is 6. The molecule has 1 saturated heterocycles. The molecule has 0 bridgehead atoms. The Bertz CT molecular complexity index is 802. The number of aromatic nitrogens is 3. The van der Waals surface area contributed by atoms with Crippen LogP contribution in [0.3, 0.4) is 0 Å². The van der Waals surface area contributed by atoms with Gasteiger partial charge in [-0.25, -0.2) is 4.68 Å². The second-order valence-electron chi connectivity index (χ2n) is 6.34. The number of ether oxygens (including phenoxy) is 1. The van der Waals surface area contributed by atoms with Crippen LogP contribution in [0.4, 0.5) is 0 Å². The molecule has 2 amide bonds. The first kappa shape index (κ1) is 19.3. The highest BCUT2D eigenvalue weighted by molar-refractivity contribution is 6.33. The van der Waals surface area contributed by atoms with Crippen LogP contribution in [0.2, 0.25) is 5.02 Å². The third-order valence-electron chi connectivity index (χ3n) is 4.56. The number of carbonyl (C=O) groups excluding carboxylic acids is 2. The number of likely N-dealkylation sites (tertiary alicyclic amines) is 1. The van der Waals surface area contributed by atoms with E-state index in [0.717, 1.165) is 12.8 Å².